The fourth-order valence-corrected chi connectivity index (χ4v) is 2.29. The first-order chi connectivity index (χ1) is 5.77. The molecule has 1 aliphatic heterocycles. The minimum Gasteiger partial charge on any atom is -0.296 e. The molecule has 0 aromatic heterocycles. The lowest BCUT2D eigenvalue weighted by atomic mass is 9.71. The van der Waals surface area contributed by atoms with Crippen molar-refractivity contribution in [2.75, 3.05) is 13.1 Å². The van der Waals surface area contributed by atoms with E-state index >= 15 is 0 Å². The zero-order valence-electron chi connectivity index (χ0n) is 7.42. The van der Waals surface area contributed by atoms with Crippen molar-refractivity contribution >= 4 is 0 Å². The summed E-state index contributed by atoms with van der Waals surface area (Å²) in [6.07, 6.45) is 4.49. The highest BCUT2D eigenvalue weighted by Crippen LogP contribution is 2.43. The Morgan fingerprint density at radius 3 is 2.50 bits per heavy atom. The van der Waals surface area contributed by atoms with E-state index in [0.29, 0.717) is 5.92 Å². The predicted molar refractivity (Wildman–Crippen MR) is 47.2 cm³/mol. The smallest absolute Gasteiger partial charge is 0.0641 e. The lowest BCUT2D eigenvalue weighted by molar-refractivity contribution is -0.0473. The summed E-state index contributed by atoms with van der Waals surface area (Å²) in [5.74, 6) is 0.612. The molecular weight excluding hydrogens is 148 g/mol. The van der Waals surface area contributed by atoms with E-state index in [-0.39, 0.29) is 5.54 Å². The zero-order chi connectivity index (χ0) is 8.60. The molecule has 0 aromatic carbocycles. The molecule has 2 nitrogen and oxygen atoms in total. The Balaban J connectivity index is 1.95. The van der Waals surface area contributed by atoms with E-state index in [1.807, 2.05) is 0 Å². The summed E-state index contributed by atoms with van der Waals surface area (Å²) >= 11 is 0. The van der Waals surface area contributed by atoms with Gasteiger partial charge >= 0.3 is 0 Å². The van der Waals surface area contributed by atoms with E-state index in [1.165, 1.54) is 19.3 Å². The van der Waals surface area contributed by atoms with Gasteiger partial charge in [-0.25, -0.2) is 0 Å². The predicted octanol–water partition coefficient (Wildman–Crippen LogP) is 1.59. The van der Waals surface area contributed by atoms with Gasteiger partial charge in [0.25, 0.3) is 0 Å². The second kappa shape index (κ2) is 2.74. The number of hydrogen-bond donors (Lipinski definition) is 0. The van der Waals surface area contributed by atoms with Crippen LogP contribution in [0.4, 0.5) is 0 Å². The Morgan fingerprint density at radius 2 is 2.17 bits per heavy atom. The molecule has 0 unspecified atom stereocenters. The van der Waals surface area contributed by atoms with Gasteiger partial charge in [-0.2, -0.15) is 5.26 Å². The Kier molecular flexibility index (Phi) is 1.84. The fraction of sp³-hybridized carbons (Fsp3) is 0.800. The van der Waals surface area contributed by atoms with E-state index in [9.17, 15) is 0 Å². The van der Waals surface area contributed by atoms with E-state index < -0.39 is 0 Å². The minimum absolute atomic E-state index is 0.281. The maximum Gasteiger partial charge on any atom is 0.0641 e. The van der Waals surface area contributed by atoms with Crippen LogP contribution in [-0.4, -0.2) is 23.5 Å². The van der Waals surface area contributed by atoms with Gasteiger partial charge in [-0.1, -0.05) is 0 Å². The second-order valence-electron chi connectivity index (χ2n) is 4.18. The van der Waals surface area contributed by atoms with Crippen LogP contribution in [0, 0.1) is 24.2 Å². The number of nitrogens with zero attached hydrogens (tertiary/aromatic N) is 2. The first-order valence-electron chi connectivity index (χ1n) is 4.72. The summed E-state index contributed by atoms with van der Waals surface area (Å²) < 4.78 is 0. The topological polar surface area (TPSA) is 27.0 Å². The molecule has 65 valence electrons. The van der Waals surface area contributed by atoms with Crippen LogP contribution in [-0.2, 0) is 0 Å². The maximum absolute atomic E-state index is 8.71. The highest BCUT2D eigenvalue weighted by atomic mass is 15.3. The third-order valence-electron chi connectivity index (χ3n) is 3.32. The molecule has 12 heavy (non-hydrogen) atoms. The molecule has 2 aliphatic rings. The van der Waals surface area contributed by atoms with Crippen LogP contribution >= 0.6 is 0 Å². The van der Waals surface area contributed by atoms with Gasteiger partial charge in [-0.05, 0) is 32.1 Å². The average Bonchev–Trinajstić information content (AvgIpc) is 1.91. The molecule has 2 heteroatoms. The first kappa shape index (κ1) is 8.07. The second-order valence-corrected chi connectivity index (χ2v) is 4.18. The van der Waals surface area contributed by atoms with Crippen molar-refractivity contribution in [3.8, 4) is 6.07 Å². The Morgan fingerprint density at radius 1 is 1.50 bits per heavy atom. The molecule has 1 saturated carbocycles. The standard InChI is InChI=1S/C10H15N2/c1-9-7-12(8-9)10(5-6-11)3-2-4-10/h9H,1-5,7-8H2. The summed E-state index contributed by atoms with van der Waals surface area (Å²) in [6, 6.07) is 2.31. The Labute approximate surface area is 74.2 Å². The van der Waals surface area contributed by atoms with Crippen LogP contribution in [0.15, 0.2) is 0 Å². The van der Waals surface area contributed by atoms with Gasteiger partial charge in [0.05, 0.1) is 12.5 Å². The first-order valence-corrected chi connectivity index (χ1v) is 4.72. The Hall–Kier alpha value is -0.550. The summed E-state index contributed by atoms with van der Waals surface area (Å²) in [5, 5.41) is 8.71. The van der Waals surface area contributed by atoms with Crippen LogP contribution in [0.25, 0.3) is 0 Å². The van der Waals surface area contributed by atoms with Crippen molar-refractivity contribution in [1.82, 2.24) is 4.90 Å². The highest BCUT2D eigenvalue weighted by molar-refractivity contribution is 5.06. The van der Waals surface area contributed by atoms with Gasteiger partial charge in [-0.15, -0.1) is 0 Å². The van der Waals surface area contributed by atoms with Crippen molar-refractivity contribution in [1.29, 1.82) is 5.26 Å². The molecule has 0 amide bonds. The molecule has 2 rings (SSSR count). The summed E-state index contributed by atoms with van der Waals surface area (Å²) in [4.78, 5) is 2.46. The summed E-state index contributed by atoms with van der Waals surface area (Å²) in [7, 11) is 0. The third kappa shape index (κ3) is 1.04. The van der Waals surface area contributed by atoms with Crippen LogP contribution in [0.5, 0.6) is 0 Å². The zero-order valence-corrected chi connectivity index (χ0v) is 7.42. The molecular formula is C10H15N2. The van der Waals surface area contributed by atoms with Crippen molar-refractivity contribution in [2.45, 2.75) is 31.2 Å². The van der Waals surface area contributed by atoms with Crippen LogP contribution in [0.3, 0.4) is 0 Å². The molecule has 1 saturated heterocycles. The van der Waals surface area contributed by atoms with Gasteiger partial charge in [0, 0.05) is 18.6 Å². The molecule has 1 heterocycles. The molecule has 0 N–H and O–H groups in total. The lowest BCUT2D eigenvalue weighted by Gasteiger charge is -2.55. The lowest BCUT2D eigenvalue weighted by Crippen LogP contribution is -2.62. The molecule has 0 aromatic rings. The average molecular weight is 163 g/mol. The van der Waals surface area contributed by atoms with Crippen molar-refractivity contribution in [2.24, 2.45) is 5.92 Å². The molecule has 1 radical (unpaired) electrons. The molecule has 1 aliphatic carbocycles. The SMILES string of the molecule is [CH2]C1CN(C2(CC#N)CCC2)C1. The van der Waals surface area contributed by atoms with Gasteiger partial charge in [0.1, 0.15) is 0 Å². The molecule has 0 atom stereocenters. The normalized spacial score (nSPS) is 28.7. The van der Waals surface area contributed by atoms with E-state index in [0.717, 1.165) is 19.5 Å². The summed E-state index contributed by atoms with van der Waals surface area (Å²) in [6.45, 7) is 6.23. The third-order valence-corrected chi connectivity index (χ3v) is 3.32. The van der Waals surface area contributed by atoms with Gasteiger partial charge in [0.2, 0.25) is 0 Å². The fourth-order valence-electron chi connectivity index (χ4n) is 2.29. The highest BCUT2D eigenvalue weighted by Gasteiger charge is 2.46. The van der Waals surface area contributed by atoms with E-state index in [2.05, 4.69) is 17.9 Å². The van der Waals surface area contributed by atoms with E-state index in [1.54, 1.807) is 0 Å². The Bertz CT molecular complexity index is 206. The van der Waals surface area contributed by atoms with Gasteiger partial charge in [0.15, 0.2) is 0 Å². The maximum atomic E-state index is 8.71. The number of hydrogen-bond acceptors (Lipinski definition) is 2. The minimum atomic E-state index is 0.281. The number of likely N-dealkylation sites (tertiary alicyclic amines) is 1. The van der Waals surface area contributed by atoms with Gasteiger partial charge in [-0.3, -0.25) is 4.90 Å². The van der Waals surface area contributed by atoms with Gasteiger partial charge < -0.3 is 0 Å². The van der Waals surface area contributed by atoms with Crippen LogP contribution in [0.2, 0.25) is 0 Å². The summed E-state index contributed by atoms with van der Waals surface area (Å²) in [5.41, 5.74) is 0.281. The molecule has 2 fully saturated rings. The van der Waals surface area contributed by atoms with Crippen molar-refractivity contribution in [3.63, 3.8) is 0 Å². The monoisotopic (exact) mass is 163 g/mol. The van der Waals surface area contributed by atoms with Crippen molar-refractivity contribution in [3.05, 3.63) is 6.92 Å². The molecule has 0 spiro atoms. The van der Waals surface area contributed by atoms with Crippen LogP contribution < -0.4 is 0 Å². The van der Waals surface area contributed by atoms with Crippen LogP contribution in [0.1, 0.15) is 25.7 Å². The molecule has 0 bridgehead atoms. The largest absolute Gasteiger partial charge is 0.296 e. The number of nitriles is 1. The van der Waals surface area contributed by atoms with Crippen molar-refractivity contribution < 1.29 is 0 Å². The number of rotatable bonds is 2. The quantitative estimate of drug-likeness (QED) is 0.618. The van der Waals surface area contributed by atoms with E-state index in [4.69, 9.17) is 5.26 Å².